The van der Waals surface area contributed by atoms with E-state index >= 15 is 0 Å². The SMILES string of the molecule is CCCCC(=O)Nc1ccc(Cn2c(C)nc3ccc(C(=O)O)nc32)c(Cl)c1. The molecule has 28 heavy (non-hydrogen) atoms. The van der Waals surface area contributed by atoms with Gasteiger partial charge in [0, 0.05) is 17.1 Å². The van der Waals surface area contributed by atoms with Crippen LogP contribution in [0, 0.1) is 6.92 Å². The van der Waals surface area contributed by atoms with Crippen LogP contribution in [0.3, 0.4) is 0 Å². The van der Waals surface area contributed by atoms with E-state index in [1.807, 2.05) is 24.5 Å². The fourth-order valence-electron chi connectivity index (χ4n) is 2.91. The van der Waals surface area contributed by atoms with E-state index < -0.39 is 5.97 Å². The predicted octanol–water partition coefficient (Wildman–Crippen LogP) is 4.27. The number of anilines is 1. The number of benzene rings is 1. The van der Waals surface area contributed by atoms with Crippen molar-refractivity contribution in [2.45, 2.75) is 39.7 Å². The standard InChI is InChI=1S/C20H21ClN4O3/c1-3-4-5-18(26)23-14-7-6-13(15(21)10-14)11-25-12(2)22-16-8-9-17(20(27)28)24-19(16)25/h6-10H,3-5,11H2,1-2H3,(H,23,26)(H,27,28). The second kappa shape index (κ2) is 8.39. The van der Waals surface area contributed by atoms with E-state index in [0.717, 1.165) is 18.4 Å². The molecule has 0 atom stereocenters. The van der Waals surface area contributed by atoms with Crippen molar-refractivity contribution in [3.05, 3.63) is 52.4 Å². The van der Waals surface area contributed by atoms with Crippen LogP contribution in [0.25, 0.3) is 11.2 Å². The van der Waals surface area contributed by atoms with Crippen LogP contribution in [0.15, 0.2) is 30.3 Å². The number of hydrogen-bond donors (Lipinski definition) is 2. The summed E-state index contributed by atoms with van der Waals surface area (Å²) in [5, 5.41) is 12.5. The summed E-state index contributed by atoms with van der Waals surface area (Å²) >= 11 is 6.42. The summed E-state index contributed by atoms with van der Waals surface area (Å²) in [5.41, 5.74) is 2.54. The highest BCUT2D eigenvalue weighted by molar-refractivity contribution is 6.31. The number of nitrogens with zero attached hydrogens (tertiary/aromatic N) is 3. The lowest BCUT2D eigenvalue weighted by Gasteiger charge is -2.11. The first kappa shape index (κ1) is 19.8. The van der Waals surface area contributed by atoms with Crippen molar-refractivity contribution >= 4 is 40.3 Å². The van der Waals surface area contributed by atoms with Gasteiger partial charge in [0.05, 0.1) is 6.54 Å². The number of nitrogens with one attached hydrogen (secondary N) is 1. The van der Waals surface area contributed by atoms with Crippen molar-refractivity contribution in [3.8, 4) is 0 Å². The fourth-order valence-corrected chi connectivity index (χ4v) is 3.15. The third-order valence-electron chi connectivity index (χ3n) is 4.42. The van der Waals surface area contributed by atoms with Crippen molar-refractivity contribution in [3.63, 3.8) is 0 Å². The maximum Gasteiger partial charge on any atom is 0.354 e. The number of aromatic nitrogens is 3. The number of carbonyl (C=O) groups excluding carboxylic acids is 1. The molecule has 146 valence electrons. The Balaban J connectivity index is 1.85. The lowest BCUT2D eigenvalue weighted by Crippen LogP contribution is -2.11. The van der Waals surface area contributed by atoms with Gasteiger partial charge >= 0.3 is 5.97 Å². The second-order valence-electron chi connectivity index (χ2n) is 6.55. The largest absolute Gasteiger partial charge is 0.477 e. The summed E-state index contributed by atoms with van der Waals surface area (Å²) in [6, 6.07) is 8.43. The predicted molar refractivity (Wildman–Crippen MR) is 108 cm³/mol. The van der Waals surface area contributed by atoms with E-state index in [1.54, 1.807) is 18.2 Å². The van der Waals surface area contributed by atoms with E-state index in [9.17, 15) is 14.7 Å². The van der Waals surface area contributed by atoms with Gasteiger partial charge < -0.3 is 15.0 Å². The Labute approximate surface area is 167 Å². The van der Waals surface area contributed by atoms with E-state index in [-0.39, 0.29) is 11.6 Å². The summed E-state index contributed by atoms with van der Waals surface area (Å²) in [7, 11) is 0. The topological polar surface area (TPSA) is 97.1 Å². The molecule has 1 aromatic carbocycles. The Morgan fingerprint density at radius 2 is 2.00 bits per heavy atom. The summed E-state index contributed by atoms with van der Waals surface area (Å²) < 4.78 is 1.82. The highest BCUT2D eigenvalue weighted by Gasteiger charge is 2.14. The highest BCUT2D eigenvalue weighted by atomic mass is 35.5. The molecule has 0 bridgehead atoms. The Hall–Kier alpha value is -2.93. The molecule has 0 fully saturated rings. The van der Waals surface area contributed by atoms with Gasteiger partial charge in [-0.1, -0.05) is 31.0 Å². The lowest BCUT2D eigenvalue weighted by molar-refractivity contribution is -0.116. The van der Waals surface area contributed by atoms with E-state index in [2.05, 4.69) is 15.3 Å². The van der Waals surface area contributed by atoms with Crippen LogP contribution in [0.4, 0.5) is 5.69 Å². The zero-order chi connectivity index (χ0) is 20.3. The van der Waals surface area contributed by atoms with Gasteiger partial charge in [-0.3, -0.25) is 4.79 Å². The zero-order valence-corrected chi connectivity index (χ0v) is 16.5. The maximum absolute atomic E-state index is 11.9. The normalized spacial score (nSPS) is 11.0. The fraction of sp³-hybridized carbons (Fsp3) is 0.300. The first-order chi connectivity index (χ1) is 13.4. The van der Waals surface area contributed by atoms with E-state index in [0.29, 0.717) is 40.7 Å². The molecule has 0 aliphatic heterocycles. The quantitative estimate of drug-likeness (QED) is 0.617. The summed E-state index contributed by atoms with van der Waals surface area (Å²) in [4.78, 5) is 31.7. The number of carbonyl (C=O) groups is 2. The Morgan fingerprint density at radius 1 is 1.21 bits per heavy atom. The number of pyridine rings is 1. The number of imidazole rings is 1. The number of amides is 1. The first-order valence-electron chi connectivity index (χ1n) is 9.04. The molecule has 0 saturated heterocycles. The number of aromatic carboxylic acids is 1. The molecular formula is C20H21ClN4O3. The van der Waals surface area contributed by atoms with Crippen LogP contribution in [0.1, 0.15) is 48.1 Å². The smallest absolute Gasteiger partial charge is 0.354 e. The second-order valence-corrected chi connectivity index (χ2v) is 6.95. The average molecular weight is 401 g/mol. The van der Waals surface area contributed by atoms with E-state index in [1.165, 1.54) is 6.07 Å². The van der Waals surface area contributed by atoms with Crippen LogP contribution in [0.2, 0.25) is 5.02 Å². The van der Waals surface area contributed by atoms with Crippen molar-refractivity contribution in [2.75, 3.05) is 5.32 Å². The first-order valence-corrected chi connectivity index (χ1v) is 9.42. The molecule has 2 aromatic heterocycles. The van der Waals surface area contributed by atoms with Gasteiger partial charge in [-0.05, 0) is 43.2 Å². The highest BCUT2D eigenvalue weighted by Crippen LogP contribution is 2.24. The molecule has 7 nitrogen and oxygen atoms in total. The number of carboxylic acid groups (broad SMARTS) is 1. The monoisotopic (exact) mass is 400 g/mol. The number of rotatable bonds is 7. The Bertz CT molecular complexity index is 1050. The van der Waals surface area contributed by atoms with Crippen molar-refractivity contribution in [1.82, 2.24) is 14.5 Å². The van der Waals surface area contributed by atoms with Crippen LogP contribution < -0.4 is 5.32 Å². The molecule has 2 heterocycles. The van der Waals surface area contributed by atoms with Gasteiger partial charge in [0.1, 0.15) is 11.3 Å². The third kappa shape index (κ3) is 4.31. The molecule has 2 N–H and O–H groups in total. The number of fused-ring (bicyclic) bond motifs is 1. The van der Waals surface area contributed by atoms with Crippen LogP contribution in [-0.4, -0.2) is 31.5 Å². The van der Waals surface area contributed by atoms with E-state index in [4.69, 9.17) is 11.6 Å². The molecule has 3 rings (SSSR count). The lowest BCUT2D eigenvalue weighted by atomic mass is 10.2. The molecule has 8 heteroatoms. The summed E-state index contributed by atoms with van der Waals surface area (Å²) in [6.45, 7) is 4.26. The van der Waals surface area contributed by atoms with Crippen molar-refractivity contribution in [2.24, 2.45) is 0 Å². The number of aryl methyl sites for hydroxylation is 1. The molecular weight excluding hydrogens is 380 g/mol. The molecule has 1 amide bonds. The molecule has 3 aromatic rings. The third-order valence-corrected chi connectivity index (χ3v) is 4.78. The average Bonchev–Trinajstić information content (AvgIpc) is 2.96. The number of unbranched alkanes of at least 4 members (excludes halogenated alkanes) is 1. The minimum absolute atomic E-state index is 0.0347. The molecule has 0 unspecified atom stereocenters. The minimum Gasteiger partial charge on any atom is -0.477 e. The van der Waals surface area contributed by atoms with Crippen LogP contribution >= 0.6 is 11.6 Å². The molecule has 0 spiro atoms. The van der Waals surface area contributed by atoms with Crippen molar-refractivity contribution in [1.29, 1.82) is 0 Å². The van der Waals surface area contributed by atoms with Crippen LogP contribution in [0.5, 0.6) is 0 Å². The van der Waals surface area contributed by atoms with Gasteiger partial charge in [-0.15, -0.1) is 0 Å². The Morgan fingerprint density at radius 3 is 2.68 bits per heavy atom. The maximum atomic E-state index is 11.9. The summed E-state index contributed by atoms with van der Waals surface area (Å²) in [6.07, 6.45) is 2.28. The van der Waals surface area contributed by atoms with Crippen molar-refractivity contribution < 1.29 is 14.7 Å². The Kier molecular flexibility index (Phi) is 5.94. The molecule has 0 aliphatic carbocycles. The van der Waals surface area contributed by atoms with Crippen LogP contribution in [-0.2, 0) is 11.3 Å². The minimum atomic E-state index is -1.09. The zero-order valence-electron chi connectivity index (χ0n) is 15.7. The number of halogens is 1. The van der Waals surface area contributed by atoms with Gasteiger partial charge in [0.2, 0.25) is 5.91 Å². The molecule has 0 saturated carbocycles. The summed E-state index contributed by atoms with van der Waals surface area (Å²) in [5.74, 6) is -0.418. The number of carboxylic acids is 1. The number of hydrogen-bond acceptors (Lipinski definition) is 4. The molecule has 0 aliphatic rings. The van der Waals surface area contributed by atoms with Gasteiger partial charge in [0.15, 0.2) is 11.3 Å². The van der Waals surface area contributed by atoms with Gasteiger partial charge in [-0.2, -0.15) is 0 Å². The van der Waals surface area contributed by atoms with Gasteiger partial charge in [0.25, 0.3) is 0 Å². The molecule has 0 radical (unpaired) electrons. The van der Waals surface area contributed by atoms with Gasteiger partial charge in [-0.25, -0.2) is 14.8 Å².